The first kappa shape index (κ1) is 19.0. The lowest BCUT2D eigenvalue weighted by atomic mass is 9.96. The Balaban J connectivity index is 2.06. The van der Waals surface area contributed by atoms with Crippen LogP contribution in [0.5, 0.6) is 0 Å². The molecular formula is C18H20Cl2N2O4. The number of benzene rings is 1. The van der Waals surface area contributed by atoms with Crippen molar-refractivity contribution in [1.82, 2.24) is 4.90 Å². The van der Waals surface area contributed by atoms with Crippen molar-refractivity contribution < 1.29 is 19.1 Å². The van der Waals surface area contributed by atoms with Gasteiger partial charge in [0.25, 0.3) is 5.91 Å². The van der Waals surface area contributed by atoms with Crippen molar-refractivity contribution in [3.63, 3.8) is 0 Å². The Morgan fingerprint density at radius 3 is 2.12 bits per heavy atom. The van der Waals surface area contributed by atoms with E-state index >= 15 is 0 Å². The van der Waals surface area contributed by atoms with Crippen LogP contribution in [0.4, 0.5) is 15.3 Å². The fourth-order valence-electron chi connectivity index (χ4n) is 3.53. The zero-order valence-corrected chi connectivity index (χ0v) is 16.4. The molecule has 140 valence electrons. The molecule has 4 amide bonds. The van der Waals surface area contributed by atoms with Gasteiger partial charge in [0, 0.05) is 10.0 Å². The Morgan fingerprint density at radius 2 is 1.62 bits per heavy atom. The standard InChI is InChI=1S/C18H20Cl2N2O4/c1-17(2,3)26-16(25)22-15(24)21(13-9-11(19)8-12(20)10-13)14(23)18(22)6-4-5-7-18/h8-10H,4-7H2,1-3H3. The molecule has 2 aliphatic rings. The van der Waals surface area contributed by atoms with E-state index in [0.717, 1.165) is 22.6 Å². The summed E-state index contributed by atoms with van der Waals surface area (Å²) >= 11 is 12.0. The third kappa shape index (κ3) is 3.16. The van der Waals surface area contributed by atoms with Crippen LogP contribution in [-0.2, 0) is 9.53 Å². The minimum atomic E-state index is -1.20. The number of carbonyl (C=O) groups excluding carboxylic acids is 3. The van der Waals surface area contributed by atoms with Gasteiger partial charge in [0.2, 0.25) is 0 Å². The van der Waals surface area contributed by atoms with Crippen molar-refractivity contribution in [2.75, 3.05) is 4.90 Å². The quantitative estimate of drug-likeness (QED) is 0.623. The molecular weight excluding hydrogens is 379 g/mol. The maximum absolute atomic E-state index is 13.2. The van der Waals surface area contributed by atoms with Crippen LogP contribution < -0.4 is 4.90 Å². The summed E-state index contributed by atoms with van der Waals surface area (Å²) in [7, 11) is 0. The predicted octanol–water partition coefficient (Wildman–Crippen LogP) is 5.01. The number of carbonyl (C=O) groups is 3. The molecule has 1 heterocycles. The van der Waals surface area contributed by atoms with Crippen LogP contribution in [0.25, 0.3) is 0 Å². The Hall–Kier alpha value is -1.79. The number of amides is 4. The number of ether oxygens (including phenoxy) is 1. The molecule has 3 rings (SSSR count). The molecule has 1 saturated heterocycles. The van der Waals surface area contributed by atoms with Crippen LogP contribution >= 0.6 is 23.2 Å². The molecule has 0 aromatic heterocycles. The van der Waals surface area contributed by atoms with Gasteiger partial charge in [0.1, 0.15) is 11.1 Å². The summed E-state index contributed by atoms with van der Waals surface area (Å²) in [4.78, 5) is 41.0. The first-order valence-corrected chi connectivity index (χ1v) is 9.19. The molecule has 8 heteroatoms. The molecule has 0 atom stereocenters. The molecule has 26 heavy (non-hydrogen) atoms. The van der Waals surface area contributed by atoms with Gasteiger partial charge in [0.15, 0.2) is 0 Å². The number of halogens is 2. The molecule has 1 saturated carbocycles. The molecule has 1 spiro atoms. The second-order valence-electron chi connectivity index (χ2n) is 7.61. The summed E-state index contributed by atoms with van der Waals surface area (Å²) in [6.07, 6.45) is 1.53. The largest absolute Gasteiger partial charge is 0.443 e. The fourth-order valence-corrected chi connectivity index (χ4v) is 4.04. The zero-order chi connectivity index (χ0) is 19.3. The summed E-state index contributed by atoms with van der Waals surface area (Å²) in [5.74, 6) is -0.441. The van der Waals surface area contributed by atoms with Gasteiger partial charge in [-0.05, 0) is 51.8 Å². The highest BCUT2D eigenvalue weighted by molar-refractivity contribution is 6.36. The maximum Gasteiger partial charge on any atom is 0.419 e. The summed E-state index contributed by atoms with van der Waals surface area (Å²) in [6.45, 7) is 5.13. The number of imide groups is 2. The number of hydrogen-bond donors (Lipinski definition) is 0. The fraction of sp³-hybridized carbons (Fsp3) is 0.500. The molecule has 2 fully saturated rings. The Kier molecular flexibility index (Phi) is 4.69. The molecule has 0 radical (unpaired) electrons. The van der Waals surface area contributed by atoms with Crippen molar-refractivity contribution in [1.29, 1.82) is 0 Å². The predicted molar refractivity (Wildman–Crippen MR) is 98.6 cm³/mol. The van der Waals surface area contributed by atoms with Crippen molar-refractivity contribution in [3.8, 4) is 0 Å². The highest BCUT2D eigenvalue weighted by Crippen LogP contribution is 2.44. The third-order valence-corrected chi connectivity index (χ3v) is 4.96. The zero-order valence-electron chi connectivity index (χ0n) is 14.8. The van der Waals surface area contributed by atoms with Crippen LogP contribution in [-0.4, -0.2) is 34.1 Å². The van der Waals surface area contributed by atoms with Gasteiger partial charge >= 0.3 is 12.1 Å². The van der Waals surface area contributed by atoms with Gasteiger partial charge in [-0.2, -0.15) is 0 Å². The van der Waals surface area contributed by atoms with Crippen molar-refractivity contribution in [2.45, 2.75) is 57.6 Å². The van der Waals surface area contributed by atoms with Crippen molar-refractivity contribution in [2.24, 2.45) is 0 Å². The Morgan fingerprint density at radius 1 is 1.08 bits per heavy atom. The first-order valence-electron chi connectivity index (χ1n) is 8.43. The monoisotopic (exact) mass is 398 g/mol. The van der Waals surface area contributed by atoms with E-state index in [2.05, 4.69) is 0 Å². The van der Waals surface area contributed by atoms with Gasteiger partial charge < -0.3 is 4.74 Å². The minimum Gasteiger partial charge on any atom is -0.443 e. The molecule has 1 aliphatic carbocycles. The first-order chi connectivity index (χ1) is 12.0. The molecule has 6 nitrogen and oxygen atoms in total. The van der Waals surface area contributed by atoms with E-state index in [9.17, 15) is 14.4 Å². The van der Waals surface area contributed by atoms with Gasteiger partial charge in [-0.15, -0.1) is 0 Å². The number of nitrogens with zero attached hydrogens (tertiary/aromatic N) is 2. The third-order valence-electron chi connectivity index (χ3n) is 4.52. The lowest BCUT2D eigenvalue weighted by Gasteiger charge is -2.31. The number of rotatable bonds is 1. The molecule has 1 aromatic carbocycles. The van der Waals surface area contributed by atoms with Gasteiger partial charge in [0.05, 0.1) is 5.69 Å². The van der Waals surface area contributed by atoms with E-state index in [1.54, 1.807) is 20.8 Å². The van der Waals surface area contributed by atoms with Crippen LogP contribution in [0.3, 0.4) is 0 Å². The van der Waals surface area contributed by atoms with E-state index in [-0.39, 0.29) is 5.69 Å². The second kappa shape index (κ2) is 6.43. The van der Waals surface area contributed by atoms with E-state index in [4.69, 9.17) is 27.9 Å². The molecule has 0 N–H and O–H groups in total. The Bertz CT molecular complexity index is 762. The normalized spacial score (nSPS) is 19.6. The maximum atomic E-state index is 13.2. The van der Waals surface area contributed by atoms with Gasteiger partial charge in [-0.25, -0.2) is 19.4 Å². The van der Waals surface area contributed by atoms with Crippen LogP contribution in [0.2, 0.25) is 10.0 Å². The Labute approximate surface area is 162 Å². The summed E-state index contributed by atoms with van der Waals surface area (Å²) in [6, 6.07) is 3.73. The van der Waals surface area contributed by atoms with E-state index in [1.807, 2.05) is 0 Å². The summed E-state index contributed by atoms with van der Waals surface area (Å²) < 4.78 is 5.39. The van der Waals surface area contributed by atoms with E-state index < -0.39 is 29.2 Å². The lowest BCUT2D eigenvalue weighted by molar-refractivity contribution is -0.124. The van der Waals surface area contributed by atoms with E-state index in [0.29, 0.717) is 22.9 Å². The number of anilines is 1. The second-order valence-corrected chi connectivity index (χ2v) is 8.48. The number of urea groups is 1. The average molecular weight is 399 g/mol. The molecule has 0 bridgehead atoms. The van der Waals surface area contributed by atoms with Crippen molar-refractivity contribution in [3.05, 3.63) is 28.2 Å². The molecule has 0 unspecified atom stereocenters. The molecule has 1 aliphatic heterocycles. The summed E-state index contributed by atoms with van der Waals surface area (Å²) in [5.41, 5.74) is -1.74. The summed E-state index contributed by atoms with van der Waals surface area (Å²) in [5, 5.41) is 0.591. The SMILES string of the molecule is CC(C)(C)OC(=O)N1C(=O)N(c2cc(Cl)cc(Cl)c2)C(=O)C12CCCC2. The molecule has 1 aromatic rings. The van der Waals surface area contributed by atoms with Crippen LogP contribution in [0, 0.1) is 0 Å². The number of hydrogen-bond acceptors (Lipinski definition) is 4. The minimum absolute atomic E-state index is 0.245. The highest BCUT2D eigenvalue weighted by Gasteiger charge is 2.62. The topological polar surface area (TPSA) is 66.9 Å². The van der Waals surface area contributed by atoms with Gasteiger partial charge in [-0.1, -0.05) is 36.0 Å². The highest BCUT2D eigenvalue weighted by atomic mass is 35.5. The van der Waals surface area contributed by atoms with Crippen LogP contribution in [0.15, 0.2) is 18.2 Å². The smallest absolute Gasteiger partial charge is 0.419 e. The van der Waals surface area contributed by atoms with Crippen molar-refractivity contribution >= 4 is 46.9 Å². The lowest BCUT2D eigenvalue weighted by Crippen LogP contribution is -2.51. The average Bonchev–Trinajstić information content (AvgIpc) is 3.02. The van der Waals surface area contributed by atoms with Crippen LogP contribution in [0.1, 0.15) is 46.5 Å². The van der Waals surface area contributed by atoms with E-state index in [1.165, 1.54) is 18.2 Å². The van der Waals surface area contributed by atoms with Gasteiger partial charge in [-0.3, -0.25) is 4.79 Å².